The molecule has 0 aliphatic heterocycles. The van der Waals surface area contributed by atoms with Crippen molar-refractivity contribution in [2.24, 2.45) is 5.41 Å². The van der Waals surface area contributed by atoms with E-state index in [0.29, 0.717) is 6.61 Å². The lowest BCUT2D eigenvalue weighted by Gasteiger charge is -2.14. The molecule has 82 valence electrons. The molecule has 3 heteroatoms. The van der Waals surface area contributed by atoms with E-state index in [1.807, 2.05) is 13.8 Å². The second-order valence-corrected chi connectivity index (χ2v) is 4.28. The summed E-state index contributed by atoms with van der Waals surface area (Å²) in [5.74, 6) is 0. The van der Waals surface area contributed by atoms with Crippen molar-refractivity contribution < 1.29 is 5.11 Å². The molecule has 0 aromatic rings. The minimum Gasteiger partial charge on any atom is -0.396 e. The molecule has 0 fully saturated rings. The van der Waals surface area contributed by atoms with Gasteiger partial charge in [0.1, 0.15) is 0 Å². The number of hydrogen-bond donors (Lipinski definition) is 2. The zero-order valence-corrected chi connectivity index (χ0v) is 9.34. The Bertz CT molecular complexity index is 173. The molecule has 0 bridgehead atoms. The first kappa shape index (κ1) is 13.4. The molecule has 0 aliphatic rings. The molecular formula is C11H22N2O. The molecular weight excluding hydrogens is 176 g/mol. The van der Waals surface area contributed by atoms with Crippen LogP contribution in [0.4, 0.5) is 0 Å². The maximum absolute atomic E-state index is 8.76. The number of rotatable bonds is 8. The van der Waals surface area contributed by atoms with Crippen molar-refractivity contribution in [3.05, 3.63) is 0 Å². The number of nitrogens with zero attached hydrogens (tertiary/aromatic N) is 1. The minimum atomic E-state index is -0.210. The monoisotopic (exact) mass is 198 g/mol. The molecule has 2 N–H and O–H groups in total. The average Bonchev–Trinajstić information content (AvgIpc) is 2.16. The highest BCUT2D eigenvalue weighted by atomic mass is 16.2. The SMILES string of the molecule is CC(C)(C#N)CCNCCCCCO. The summed E-state index contributed by atoms with van der Waals surface area (Å²) in [6, 6.07) is 2.28. The maximum atomic E-state index is 8.76. The maximum Gasteiger partial charge on any atom is 0.0684 e. The molecule has 0 saturated heterocycles. The van der Waals surface area contributed by atoms with Crippen molar-refractivity contribution in [2.75, 3.05) is 19.7 Å². The van der Waals surface area contributed by atoms with Gasteiger partial charge >= 0.3 is 0 Å². The fourth-order valence-corrected chi connectivity index (χ4v) is 1.12. The van der Waals surface area contributed by atoms with Crippen LogP contribution >= 0.6 is 0 Å². The highest BCUT2D eigenvalue weighted by molar-refractivity contribution is 4.91. The van der Waals surface area contributed by atoms with Crippen LogP contribution in [0.5, 0.6) is 0 Å². The van der Waals surface area contributed by atoms with E-state index in [0.717, 1.165) is 38.8 Å². The smallest absolute Gasteiger partial charge is 0.0684 e. The van der Waals surface area contributed by atoms with Crippen LogP contribution in [-0.2, 0) is 0 Å². The first-order chi connectivity index (χ1) is 6.62. The molecule has 0 spiro atoms. The van der Waals surface area contributed by atoms with Crippen LogP contribution < -0.4 is 5.32 Å². The molecule has 0 unspecified atom stereocenters. The van der Waals surface area contributed by atoms with E-state index in [2.05, 4.69) is 11.4 Å². The van der Waals surface area contributed by atoms with Gasteiger partial charge in [-0.3, -0.25) is 0 Å². The molecule has 0 atom stereocenters. The molecule has 0 heterocycles. The second-order valence-electron chi connectivity index (χ2n) is 4.28. The summed E-state index contributed by atoms with van der Waals surface area (Å²) in [6.45, 7) is 6.10. The quantitative estimate of drug-likeness (QED) is 0.583. The van der Waals surface area contributed by atoms with E-state index in [9.17, 15) is 0 Å². The Kier molecular flexibility index (Phi) is 7.45. The highest BCUT2D eigenvalue weighted by Gasteiger charge is 2.14. The normalized spacial score (nSPS) is 11.3. The molecule has 0 rings (SSSR count). The van der Waals surface area contributed by atoms with Gasteiger partial charge in [0.15, 0.2) is 0 Å². The van der Waals surface area contributed by atoms with Crippen LogP contribution in [0.15, 0.2) is 0 Å². The van der Waals surface area contributed by atoms with E-state index < -0.39 is 0 Å². The summed E-state index contributed by atoms with van der Waals surface area (Å²) in [5, 5.41) is 20.6. The van der Waals surface area contributed by atoms with Crippen molar-refractivity contribution in [3.8, 4) is 6.07 Å². The predicted octanol–water partition coefficient (Wildman–Crippen LogP) is 1.68. The summed E-state index contributed by atoms with van der Waals surface area (Å²) in [5.41, 5.74) is -0.210. The molecule has 0 radical (unpaired) electrons. The van der Waals surface area contributed by atoms with Crippen LogP contribution in [0.25, 0.3) is 0 Å². The van der Waals surface area contributed by atoms with Crippen LogP contribution in [0, 0.1) is 16.7 Å². The van der Waals surface area contributed by atoms with Crippen LogP contribution in [0.1, 0.15) is 39.5 Å². The summed E-state index contributed by atoms with van der Waals surface area (Å²) >= 11 is 0. The minimum absolute atomic E-state index is 0.210. The molecule has 14 heavy (non-hydrogen) atoms. The van der Waals surface area contributed by atoms with Crippen molar-refractivity contribution >= 4 is 0 Å². The van der Waals surface area contributed by atoms with Gasteiger partial charge in [-0.15, -0.1) is 0 Å². The highest BCUT2D eigenvalue weighted by Crippen LogP contribution is 2.16. The number of hydrogen-bond acceptors (Lipinski definition) is 3. The molecule has 0 amide bonds. The lowest BCUT2D eigenvalue weighted by atomic mass is 9.91. The van der Waals surface area contributed by atoms with Crippen molar-refractivity contribution in [2.45, 2.75) is 39.5 Å². The van der Waals surface area contributed by atoms with Crippen molar-refractivity contribution in [3.63, 3.8) is 0 Å². The van der Waals surface area contributed by atoms with Gasteiger partial charge in [0.05, 0.1) is 11.5 Å². The second kappa shape index (κ2) is 7.78. The Hall–Kier alpha value is -0.590. The van der Waals surface area contributed by atoms with Gasteiger partial charge in [0.2, 0.25) is 0 Å². The van der Waals surface area contributed by atoms with Gasteiger partial charge < -0.3 is 10.4 Å². The Balaban J connectivity index is 3.18. The van der Waals surface area contributed by atoms with Gasteiger partial charge in [0, 0.05) is 6.61 Å². The first-order valence-corrected chi connectivity index (χ1v) is 5.35. The summed E-state index contributed by atoms with van der Waals surface area (Å²) in [6.07, 6.45) is 3.97. The van der Waals surface area contributed by atoms with Crippen LogP contribution in [0.3, 0.4) is 0 Å². The number of aliphatic hydroxyl groups is 1. The number of aliphatic hydroxyl groups excluding tert-OH is 1. The molecule has 0 aliphatic carbocycles. The van der Waals surface area contributed by atoms with Gasteiger partial charge in [-0.2, -0.15) is 5.26 Å². The number of nitrogens with one attached hydrogen (secondary N) is 1. The Morgan fingerprint density at radius 2 is 1.93 bits per heavy atom. The Labute approximate surface area is 87.1 Å². The van der Waals surface area contributed by atoms with Gasteiger partial charge in [-0.1, -0.05) is 0 Å². The van der Waals surface area contributed by atoms with E-state index in [4.69, 9.17) is 10.4 Å². The summed E-state index contributed by atoms with van der Waals surface area (Å²) in [4.78, 5) is 0. The Morgan fingerprint density at radius 1 is 1.21 bits per heavy atom. The van der Waals surface area contributed by atoms with Crippen molar-refractivity contribution in [1.29, 1.82) is 5.26 Å². The number of nitriles is 1. The Morgan fingerprint density at radius 3 is 2.50 bits per heavy atom. The van der Waals surface area contributed by atoms with E-state index in [-0.39, 0.29) is 5.41 Å². The summed E-state index contributed by atoms with van der Waals surface area (Å²) in [7, 11) is 0. The van der Waals surface area contributed by atoms with Crippen LogP contribution in [0.2, 0.25) is 0 Å². The summed E-state index contributed by atoms with van der Waals surface area (Å²) < 4.78 is 0. The first-order valence-electron chi connectivity index (χ1n) is 5.35. The lowest BCUT2D eigenvalue weighted by molar-refractivity contribution is 0.282. The fourth-order valence-electron chi connectivity index (χ4n) is 1.12. The third kappa shape index (κ3) is 8.03. The van der Waals surface area contributed by atoms with Crippen molar-refractivity contribution in [1.82, 2.24) is 5.32 Å². The standard InChI is InChI=1S/C11H22N2O/c1-11(2,10-12)6-8-13-7-4-3-5-9-14/h13-14H,3-9H2,1-2H3. The lowest BCUT2D eigenvalue weighted by Crippen LogP contribution is -2.22. The number of unbranched alkanes of at least 4 members (excludes halogenated alkanes) is 2. The van der Waals surface area contributed by atoms with Gasteiger partial charge in [-0.05, 0) is 52.6 Å². The third-order valence-corrected chi connectivity index (χ3v) is 2.24. The average molecular weight is 198 g/mol. The molecule has 0 aromatic heterocycles. The third-order valence-electron chi connectivity index (χ3n) is 2.24. The van der Waals surface area contributed by atoms with E-state index >= 15 is 0 Å². The molecule has 3 nitrogen and oxygen atoms in total. The van der Waals surface area contributed by atoms with Gasteiger partial charge in [-0.25, -0.2) is 0 Å². The zero-order chi connectivity index (χ0) is 10.9. The molecule has 0 saturated carbocycles. The fraction of sp³-hybridized carbons (Fsp3) is 0.909. The largest absolute Gasteiger partial charge is 0.396 e. The van der Waals surface area contributed by atoms with E-state index in [1.165, 1.54) is 0 Å². The predicted molar refractivity (Wildman–Crippen MR) is 57.8 cm³/mol. The van der Waals surface area contributed by atoms with E-state index in [1.54, 1.807) is 0 Å². The topological polar surface area (TPSA) is 56.0 Å². The zero-order valence-electron chi connectivity index (χ0n) is 9.34. The van der Waals surface area contributed by atoms with Crippen LogP contribution in [-0.4, -0.2) is 24.8 Å². The van der Waals surface area contributed by atoms with Gasteiger partial charge in [0.25, 0.3) is 0 Å². The molecule has 0 aromatic carbocycles.